The van der Waals surface area contributed by atoms with Crippen molar-refractivity contribution in [3.63, 3.8) is 0 Å². The van der Waals surface area contributed by atoms with Gasteiger partial charge in [-0.05, 0) is 44.1 Å². The highest BCUT2D eigenvalue weighted by Gasteiger charge is 2.43. The SMILES string of the molecule is COc1ccc([C@H](NC(=O)[C@@H]2CCCN2C)C(F)(F)F)cc1. The van der Waals surface area contributed by atoms with E-state index in [0.29, 0.717) is 12.2 Å². The summed E-state index contributed by atoms with van der Waals surface area (Å²) in [5.74, 6) is -0.121. The van der Waals surface area contributed by atoms with Gasteiger partial charge in [0.05, 0.1) is 13.2 Å². The first kappa shape index (κ1) is 16.6. The summed E-state index contributed by atoms with van der Waals surface area (Å²) in [5, 5.41) is 2.14. The van der Waals surface area contributed by atoms with Crippen molar-refractivity contribution >= 4 is 5.91 Å². The summed E-state index contributed by atoms with van der Waals surface area (Å²) in [6.45, 7) is 0.720. The van der Waals surface area contributed by atoms with E-state index in [4.69, 9.17) is 4.74 Å². The molecule has 1 N–H and O–H groups in total. The molecule has 2 atom stereocenters. The van der Waals surface area contributed by atoms with Crippen LogP contribution in [0.4, 0.5) is 13.2 Å². The molecule has 7 heteroatoms. The van der Waals surface area contributed by atoms with Gasteiger partial charge in [0.2, 0.25) is 5.91 Å². The van der Waals surface area contributed by atoms with E-state index >= 15 is 0 Å². The van der Waals surface area contributed by atoms with Crippen molar-refractivity contribution in [2.45, 2.75) is 31.1 Å². The zero-order chi connectivity index (χ0) is 16.3. The third-order valence-corrected chi connectivity index (χ3v) is 3.89. The molecule has 122 valence electrons. The number of hydrogen-bond acceptors (Lipinski definition) is 3. The minimum atomic E-state index is -4.55. The van der Waals surface area contributed by atoms with Crippen LogP contribution in [0.1, 0.15) is 24.4 Å². The van der Waals surface area contributed by atoms with E-state index in [-0.39, 0.29) is 5.56 Å². The summed E-state index contributed by atoms with van der Waals surface area (Å²) in [6, 6.07) is 3.01. The first-order chi connectivity index (χ1) is 10.3. The van der Waals surface area contributed by atoms with Crippen molar-refractivity contribution < 1.29 is 22.7 Å². The van der Waals surface area contributed by atoms with Crippen LogP contribution in [0.3, 0.4) is 0 Å². The van der Waals surface area contributed by atoms with Crippen molar-refractivity contribution in [2.75, 3.05) is 20.7 Å². The molecule has 0 aliphatic carbocycles. The maximum atomic E-state index is 13.3. The monoisotopic (exact) mass is 316 g/mol. The van der Waals surface area contributed by atoms with Crippen molar-refractivity contribution in [1.29, 1.82) is 0 Å². The normalized spacial score (nSPS) is 20.7. The molecule has 0 spiro atoms. The number of alkyl halides is 3. The summed E-state index contributed by atoms with van der Waals surface area (Å²) >= 11 is 0. The Morgan fingerprint density at radius 1 is 1.36 bits per heavy atom. The molecule has 2 rings (SSSR count). The largest absolute Gasteiger partial charge is 0.497 e. The third-order valence-electron chi connectivity index (χ3n) is 3.89. The molecule has 1 amide bonds. The van der Waals surface area contributed by atoms with Gasteiger partial charge in [0.1, 0.15) is 5.75 Å². The number of methoxy groups -OCH3 is 1. The fraction of sp³-hybridized carbons (Fsp3) is 0.533. The summed E-state index contributed by atoms with van der Waals surface area (Å²) in [4.78, 5) is 13.9. The number of amides is 1. The summed E-state index contributed by atoms with van der Waals surface area (Å²) < 4.78 is 44.8. The van der Waals surface area contributed by atoms with Gasteiger partial charge in [-0.15, -0.1) is 0 Å². The number of nitrogens with zero attached hydrogens (tertiary/aromatic N) is 1. The number of hydrogen-bond donors (Lipinski definition) is 1. The molecule has 4 nitrogen and oxygen atoms in total. The topological polar surface area (TPSA) is 41.6 Å². The van der Waals surface area contributed by atoms with Crippen LogP contribution < -0.4 is 10.1 Å². The van der Waals surface area contributed by atoms with E-state index in [1.807, 2.05) is 0 Å². The van der Waals surface area contributed by atoms with Crippen molar-refractivity contribution in [3.8, 4) is 5.75 Å². The molecule has 1 aromatic carbocycles. The van der Waals surface area contributed by atoms with Crippen LogP contribution in [0, 0.1) is 0 Å². The molecule has 0 unspecified atom stereocenters. The van der Waals surface area contributed by atoms with E-state index in [0.717, 1.165) is 13.0 Å². The van der Waals surface area contributed by atoms with Crippen LogP contribution >= 0.6 is 0 Å². The lowest BCUT2D eigenvalue weighted by molar-refractivity contribution is -0.164. The van der Waals surface area contributed by atoms with Crippen molar-refractivity contribution in [2.24, 2.45) is 0 Å². The molecule has 0 bridgehead atoms. The molecular formula is C15H19F3N2O2. The highest BCUT2D eigenvalue weighted by atomic mass is 19.4. The minimum Gasteiger partial charge on any atom is -0.497 e. The van der Waals surface area contributed by atoms with Gasteiger partial charge in [0, 0.05) is 0 Å². The summed E-state index contributed by atoms with van der Waals surface area (Å²) in [6.07, 6.45) is -3.16. The van der Waals surface area contributed by atoms with E-state index in [1.54, 1.807) is 11.9 Å². The Kier molecular flexibility index (Phi) is 4.95. The molecule has 22 heavy (non-hydrogen) atoms. The molecule has 1 heterocycles. The van der Waals surface area contributed by atoms with Crippen LogP contribution in [0.15, 0.2) is 24.3 Å². The molecule has 0 saturated carbocycles. The Bertz CT molecular complexity index is 517. The molecule has 1 aliphatic rings. The van der Waals surface area contributed by atoms with E-state index in [9.17, 15) is 18.0 Å². The lowest BCUT2D eigenvalue weighted by Gasteiger charge is -2.26. The van der Waals surface area contributed by atoms with Gasteiger partial charge in [0.15, 0.2) is 6.04 Å². The molecule has 1 aromatic rings. The predicted molar refractivity (Wildman–Crippen MR) is 75.6 cm³/mol. The number of ether oxygens (including phenoxy) is 1. The Morgan fingerprint density at radius 3 is 2.45 bits per heavy atom. The molecule has 0 radical (unpaired) electrons. The number of benzene rings is 1. The van der Waals surface area contributed by atoms with Gasteiger partial charge in [-0.25, -0.2) is 0 Å². The van der Waals surface area contributed by atoms with E-state index in [2.05, 4.69) is 5.32 Å². The van der Waals surface area contributed by atoms with E-state index in [1.165, 1.54) is 31.4 Å². The smallest absolute Gasteiger partial charge is 0.412 e. The maximum absolute atomic E-state index is 13.3. The fourth-order valence-electron chi connectivity index (χ4n) is 2.63. The first-order valence-corrected chi connectivity index (χ1v) is 7.04. The molecule has 0 aromatic heterocycles. The Morgan fingerprint density at radius 2 is 2.00 bits per heavy atom. The number of carbonyl (C=O) groups excluding carboxylic acids is 1. The first-order valence-electron chi connectivity index (χ1n) is 7.04. The average Bonchev–Trinajstić information content (AvgIpc) is 2.90. The van der Waals surface area contributed by atoms with Crippen LogP contribution in [0.25, 0.3) is 0 Å². The fourth-order valence-corrected chi connectivity index (χ4v) is 2.63. The minimum absolute atomic E-state index is 0.0118. The number of likely N-dealkylation sites (N-methyl/N-ethyl adjacent to an activating group) is 1. The van der Waals surface area contributed by atoms with Crippen molar-refractivity contribution in [1.82, 2.24) is 10.2 Å². The van der Waals surface area contributed by atoms with Crippen LogP contribution in [0.5, 0.6) is 5.75 Å². The Balaban J connectivity index is 2.17. The lowest BCUT2D eigenvalue weighted by atomic mass is 10.1. The number of halogens is 3. The van der Waals surface area contributed by atoms with E-state index < -0.39 is 24.2 Å². The Hall–Kier alpha value is -1.76. The quantitative estimate of drug-likeness (QED) is 0.928. The zero-order valence-corrected chi connectivity index (χ0v) is 12.5. The highest BCUT2D eigenvalue weighted by molar-refractivity contribution is 5.82. The van der Waals surface area contributed by atoms with Crippen LogP contribution in [-0.4, -0.2) is 43.7 Å². The summed E-state index contributed by atoms with van der Waals surface area (Å²) in [5.41, 5.74) is -0.0118. The maximum Gasteiger partial charge on any atom is 0.412 e. The third kappa shape index (κ3) is 3.71. The molecule has 1 aliphatic heterocycles. The number of nitrogens with one attached hydrogen (secondary N) is 1. The number of likely N-dealkylation sites (tertiary alicyclic amines) is 1. The van der Waals surface area contributed by atoms with Gasteiger partial charge in [0.25, 0.3) is 0 Å². The van der Waals surface area contributed by atoms with Gasteiger partial charge < -0.3 is 10.1 Å². The Labute approximate surface area is 127 Å². The van der Waals surface area contributed by atoms with Gasteiger partial charge >= 0.3 is 6.18 Å². The van der Waals surface area contributed by atoms with Gasteiger partial charge in [-0.2, -0.15) is 13.2 Å². The highest BCUT2D eigenvalue weighted by Crippen LogP contribution is 2.33. The molecule has 1 saturated heterocycles. The zero-order valence-electron chi connectivity index (χ0n) is 12.5. The second kappa shape index (κ2) is 6.56. The van der Waals surface area contributed by atoms with Gasteiger partial charge in [-0.1, -0.05) is 12.1 Å². The lowest BCUT2D eigenvalue weighted by Crippen LogP contribution is -2.46. The molecular weight excluding hydrogens is 297 g/mol. The summed E-state index contributed by atoms with van der Waals surface area (Å²) in [7, 11) is 3.18. The number of carbonyl (C=O) groups is 1. The number of rotatable bonds is 4. The second-order valence-corrected chi connectivity index (χ2v) is 5.40. The standard InChI is InChI=1S/C15H19F3N2O2/c1-20-9-3-4-12(20)14(21)19-13(15(16,17)18)10-5-7-11(22-2)8-6-10/h5-8,12-13H,3-4,9H2,1-2H3,(H,19,21)/t12-,13-/m0/s1. The molecule has 1 fully saturated rings. The second-order valence-electron chi connectivity index (χ2n) is 5.40. The average molecular weight is 316 g/mol. The van der Waals surface area contributed by atoms with Crippen LogP contribution in [0.2, 0.25) is 0 Å². The van der Waals surface area contributed by atoms with Crippen LogP contribution in [-0.2, 0) is 4.79 Å². The van der Waals surface area contributed by atoms with Crippen molar-refractivity contribution in [3.05, 3.63) is 29.8 Å². The van der Waals surface area contributed by atoms with Gasteiger partial charge in [-0.3, -0.25) is 9.69 Å². The predicted octanol–water partition coefficient (Wildman–Crippen LogP) is 2.51.